The summed E-state index contributed by atoms with van der Waals surface area (Å²) in [6, 6.07) is 2.56. The second kappa shape index (κ2) is 14.1. The molecular formula is C25H32N8O6S. The summed E-state index contributed by atoms with van der Waals surface area (Å²) < 4.78 is 0. The molecule has 0 saturated heterocycles. The first-order valence-electron chi connectivity index (χ1n) is 12.4. The van der Waals surface area contributed by atoms with Crippen molar-refractivity contribution in [1.82, 2.24) is 30.9 Å². The molecule has 4 atom stereocenters. The fourth-order valence-corrected chi connectivity index (χ4v) is 4.27. The summed E-state index contributed by atoms with van der Waals surface area (Å²) in [6.45, 7) is 0. The summed E-state index contributed by atoms with van der Waals surface area (Å²) >= 11 is 3.93. The van der Waals surface area contributed by atoms with Crippen molar-refractivity contribution in [2.45, 2.75) is 49.9 Å². The summed E-state index contributed by atoms with van der Waals surface area (Å²) in [5.41, 5.74) is 13.5. The first-order chi connectivity index (χ1) is 19.1. The number of thiol groups is 1. The number of carbonyl (C=O) groups is 5. The van der Waals surface area contributed by atoms with Crippen molar-refractivity contribution < 1.29 is 29.1 Å². The van der Waals surface area contributed by atoms with Gasteiger partial charge in [-0.3, -0.25) is 19.2 Å². The Balaban J connectivity index is 1.83. The molecular weight excluding hydrogens is 540 g/mol. The number of aromatic nitrogens is 3. The van der Waals surface area contributed by atoms with Crippen LogP contribution in [0, 0.1) is 0 Å². The van der Waals surface area contributed by atoms with Gasteiger partial charge in [-0.15, -0.1) is 0 Å². The summed E-state index contributed by atoms with van der Waals surface area (Å²) in [5.74, 6) is -4.44. The summed E-state index contributed by atoms with van der Waals surface area (Å²) in [5, 5.41) is 17.6. The lowest BCUT2D eigenvalue weighted by Gasteiger charge is -2.25. The van der Waals surface area contributed by atoms with Crippen molar-refractivity contribution in [3.8, 4) is 0 Å². The predicted octanol–water partition coefficient (Wildman–Crippen LogP) is -1.26. The molecule has 3 aromatic rings. The molecule has 0 saturated carbocycles. The number of primary amides is 1. The van der Waals surface area contributed by atoms with E-state index in [0.717, 1.165) is 16.5 Å². The van der Waals surface area contributed by atoms with Crippen LogP contribution in [0.3, 0.4) is 0 Å². The number of carboxylic acids is 1. The van der Waals surface area contributed by atoms with E-state index in [-0.39, 0.29) is 31.4 Å². The lowest BCUT2D eigenvalue weighted by Crippen LogP contribution is -2.58. The van der Waals surface area contributed by atoms with E-state index in [2.05, 4.69) is 43.5 Å². The maximum absolute atomic E-state index is 13.5. The van der Waals surface area contributed by atoms with Crippen molar-refractivity contribution in [2.24, 2.45) is 11.5 Å². The Hall–Kier alpha value is -4.37. The van der Waals surface area contributed by atoms with Gasteiger partial charge in [0.1, 0.15) is 18.1 Å². The number of H-pyrrole nitrogens is 2. The quantitative estimate of drug-likeness (QED) is 0.0993. The van der Waals surface area contributed by atoms with Crippen molar-refractivity contribution in [3.05, 3.63) is 54.2 Å². The number of nitrogens with zero attached hydrogens (tertiary/aromatic N) is 1. The van der Waals surface area contributed by atoms with Crippen LogP contribution in [0.5, 0.6) is 0 Å². The molecule has 0 spiro atoms. The van der Waals surface area contributed by atoms with Crippen LogP contribution in [-0.4, -0.2) is 79.6 Å². The van der Waals surface area contributed by atoms with Crippen LogP contribution < -0.4 is 27.4 Å². The van der Waals surface area contributed by atoms with E-state index >= 15 is 0 Å². The lowest BCUT2D eigenvalue weighted by molar-refractivity contribution is -0.141. The van der Waals surface area contributed by atoms with E-state index in [1.165, 1.54) is 12.5 Å². The second-order valence-electron chi connectivity index (χ2n) is 9.16. The average molecular weight is 573 g/mol. The highest BCUT2D eigenvalue weighted by Crippen LogP contribution is 2.19. The fourth-order valence-electron chi connectivity index (χ4n) is 4.02. The number of para-hydroxylation sites is 1. The molecule has 0 fully saturated rings. The average Bonchev–Trinajstić information content (AvgIpc) is 3.58. The van der Waals surface area contributed by atoms with E-state index in [0.29, 0.717) is 5.69 Å². The van der Waals surface area contributed by atoms with Crippen LogP contribution in [0.15, 0.2) is 43.0 Å². The van der Waals surface area contributed by atoms with E-state index < -0.39 is 53.8 Å². The summed E-state index contributed by atoms with van der Waals surface area (Å²) in [4.78, 5) is 72.0. The van der Waals surface area contributed by atoms with Gasteiger partial charge in [0.25, 0.3) is 0 Å². The SMILES string of the molecule is NC(=O)CCC(NC(=O)C(Cc1c[nH]c2ccccc12)NC(=O)C(N)Cc1cnc[nH]1)C(=O)NC(CS)C(=O)O. The number of benzene rings is 1. The van der Waals surface area contributed by atoms with Crippen LogP contribution in [-0.2, 0) is 36.8 Å². The van der Waals surface area contributed by atoms with Crippen LogP contribution in [0.1, 0.15) is 24.1 Å². The zero-order valence-electron chi connectivity index (χ0n) is 21.4. The number of imidazole rings is 1. The maximum atomic E-state index is 13.5. The van der Waals surface area contributed by atoms with Crippen molar-refractivity contribution in [2.75, 3.05) is 5.75 Å². The van der Waals surface area contributed by atoms with Gasteiger partial charge in [-0.25, -0.2) is 9.78 Å². The minimum absolute atomic E-state index is 0.0386. The molecule has 2 aromatic heterocycles. The van der Waals surface area contributed by atoms with Gasteiger partial charge in [0, 0.05) is 54.0 Å². The molecule has 4 unspecified atom stereocenters. The number of aromatic amines is 2. The van der Waals surface area contributed by atoms with Gasteiger partial charge in [-0.2, -0.15) is 12.6 Å². The largest absolute Gasteiger partial charge is 0.480 e. The minimum Gasteiger partial charge on any atom is -0.480 e. The molecule has 0 bridgehead atoms. The van der Waals surface area contributed by atoms with Gasteiger partial charge in [0.15, 0.2) is 0 Å². The van der Waals surface area contributed by atoms with E-state index in [9.17, 15) is 29.1 Å². The zero-order valence-corrected chi connectivity index (χ0v) is 22.3. The van der Waals surface area contributed by atoms with Gasteiger partial charge in [-0.05, 0) is 18.1 Å². The normalized spacial score (nSPS) is 14.1. The second-order valence-corrected chi connectivity index (χ2v) is 9.53. The Morgan fingerprint density at radius 3 is 2.27 bits per heavy atom. The highest BCUT2D eigenvalue weighted by atomic mass is 32.1. The van der Waals surface area contributed by atoms with Gasteiger partial charge >= 0.3 is 5.97 Å². The van der Waals surface area contributed by atoms with E-state index in [1.807, 2.05) is 24.3 Å². The Morgan fingerprint density at radius 1 is 0.950 bits per heavy atom. The zero-order chi connectivity index (χ0) is 29.2. The number of amides is 4. The number of aliphatic carboxylic acids is 1. The number of rotatable bonds is 15. The Labute approximate surface area is 234 Å². The lowest BCUT2D eigenvalue weighted by atomic mass is 10.0. The smallest absolute Gasteiger partial charge is 0.327 e. The van der Waals surface area contributed by atoms with Gasteiger partial charge < -0.3 is 42.5 Å². The molecule has 1 aromatic carbocycles. The van der Waals surface area contributed by atoms with Crippen molar-refractivity contribution in [3.63, 3.8) is 0 Å². The van der Waals surface area contributed by atoms with Crippen LogP contribution >= 0.6 is 12.6 Å². The topological polar surface area (TPSA) is 238 Å². The highest BCUT2D eigenvalue weighted by Gasteiger charge is 2.31. The summed E-state index contributed by atoms with van der Waals surface area (Å²) in [6.07, 6.45) is 4.41. The number of carbonyl (C=O) groups excluding carboxylic acids is 4. The molecule has 14 nitrogen and oxygen atoms in total. The van der Waals surface area contributed by atoms with Gasteiger partial charge in [0.2, 0.25) is 23.6 Å². The number of hydrogen-bond donors (Lipinski definition) is 9. The molecule has 0 aliphatic heterocycles. The van der Waals surface area contributed by atoms with Crippen molar-refractivity contribution in [1.29, 1.82) is 0 Å². The molecule has 0 aliphatic rings. The van der Waals surface area contributed by atoms with Crippen LogP contribution in [0.2, 0.25) is 0 Å². The Morgan fingerprint density at radius 2 is 1.62 bits per heavy atom. The third-order valence-electron chi connectivity index (χ3n) is 6.17. The molecule has 10 N–H and O–H groups in total. The Bertz CT molecular complexity index is 1340. The number of nitrogens with one attached hydrogen (secondary N) is 5. The van der Waals surface area contributed by atoms with Crippen molar-refractivity contribution >= 4 is 53.1 Å². The predicted molar refractivity (Wildman–Crippen MR) is 148 cm³/mol. The standard InChI is InChI=1S/C25H32N8O6S/c26-16(8-14-10-28-12-30-14)22(35)32-19(7-13-9-29-17-4-2-1-3-15(13)17)24(37)31-18(5-6-21(27)34)23(36)33-20(11-40)25(38)39/h1-4,9-10,12,16,18-20,29,40H,5-8,11,26H2,(H2,27,34)(H,28,30)(H,31,37)(H,32,35)(H,33,36)(H,38,39). The summed E-state index contributed by atoms with van der Waals surface area (Å²) in [7, 11) is 0. The van der Waals surface area contributed by atoms with E-state index in [4.69, 9.17) is 11.5 Å². The maximum Gasteiger partial charge on any atom is 0.327 e. The first-order valence-corrected chi connectivity index (χ1v) is 13.0. The first kappa shape index (κ1) is 30.2. The van der Waals surface area contributed by atoms with E-state index in [1.54, 1.807) is 6.20 Å². The number of nitrogens with two attached hydrogens (primary N) is 2. The molecule has 0 radical (unpaired) electrons. The third-order valence-corrected chi connectivity index (χ3v) is 6.54. The third kappa shape index (κ3) is 8.31. The van der Waals surface area contributed by atoms with Crippen LogP contribution in [0.4, 0.5) is 0 Å². The van der Waals surface area contributed by atoms with Gasteiger partial charge in [-0.1, -0.05) is 18.2 Å². The number of carboxylic acid groups (broad SMARTS) is 1. The van der Waals surface area contributed by atoms with Gasteiger partial charge in [0.05, 0.1) is 12.4 Å². The Kier molecular flexibility index (Phi) is 10.7. The molecule has 40 heavy (non-hydrogen) atoms. The molecule has 3 rings (SSSR count). The highest BCUT2D eigenvalue weighted by molar-refractivity contribution is 7.80. The molecule has 214 valence electrons. The number of hydrogen-bond acceptors (Lipinski definition) is 8. The molecule has 0 aliphatic carbocycles. The molecule has 15 heteroatoms. The monoisotopic (exact) mass is 572 g/mol. The molecule has 4 amide bonds. The molecule has 2 heterocycles. The van der Waals surface area contributed by atoms with Crippen LogP contribution in [0.25, 0.3) is 10.9 Å². The minimum atomic E-state index is -1.33. The number of fused-ring (bicyclic) bond motifs is 1. The fraction of sp³-hybridized carbons (Fsp3) is 0.360.